The summed E-state index contributed by atoms with van der Waals surface area (Å²) in [4.78, 5) is 25.4. The maximum Gasteiger partial charge on any atom is 0.309 e. The zero-order valence-corrected chi connectivity index (χ0v) is 14.2. The molecule has 3 rings (SSSR count). The molecule has 1 aromatic carbocycles. The van der Waals surface area contributed by atoms with E-state index in [0.717, 1.165) is 30.8 Å². The normalized spacial score (nSPS) is 24.6. The Labute approximate surface area is 137 Å². The van der Waals surface area contributed by atoms with Gasteiger partial charge in [-0.1, -0.05) is 19.9 Å². The van der Waals surface area contributed by atoms with Crippen molar-refractivity contribution in [1.82, 2.24) is 0 Å². The number of carbonyl (C=O) groups is 2. The molecule has 0 saturated heterocycles. The van der Waals surface area contributed by atoms with E-state index < -0.39 is 0 Å². The van der Waals surface area contributed by atoms with Crippen molar-refractivity contribution in [3.05, 3.63) is 23.8 Å². The summed E-state index contributed by atoms with van der Waals surface area (Å²) in [6.07, 6.45) is 1.64. The van der Waals surface area contributed by atoms with Crippen LogP contribution in [0.4, 0.5) is 11.4 Å². The Kier molecular flexibility index (Phi) is 3.82. The monoisotopic (exact) mass is 316 g/mol. The quantitative estimate of drug-likeness (QED) is 0.871. The largest absolute Gasteiger partial charge is 0.469 e. The smallest absolute Gasteiger partial charge is 0.309 e. The first-order chi connectivity index (χ1) is 10.9. The van der Waals surface area contributed by atoms with Gasteiger partial charge < -0.3 is 15.0 Å². The summed E-state index contributed by atoms with van der Waals surface area (Å²) in [7, 11) is 1.44. The molecule has 1 N–H and O–H groups in total. The van der Waals surface area contributed by atoms with Crippen molar-refractivity contribution in [2.24, 2.45) is 11.3 Å². The fraction of sp³-hybridized carbons (Fsp3) is 0.556. The van der Waals surface area contributed by atoms with Gasteiger partial charge >= 0.3 is 5.97 Å². The number of nitrogens with zero attached hydrogens (tertiary/aromatic N) is 1. The van der Waals surface area contributed by atoms with Gasteiger partial charge in [-0.15, -0.1) is 0 Å². The van der Waals surface area contributed by atoms with Crippen molar-refractivity contribution in [2.75, 3.05) is 23.9 Å². The Morgan fingerprint density at radius 1 is 1.35 bits per heavy atom. The number of carbonyl (C=O) groups excluding carboxylic acids is 2. The molecule has 1 aromatic rings. The predicted molar refractivity (Wildman–Crippen MR) is 89.5 cm³/mol. The minimum Gasteiger partial charge on any atom is -0.469 e. The Bertz CT molecular complexity index is 654. The van der Waals surface area contributed by atoms with E-state index in [-0.39, 0.29) is 29.3 Å². The number of rotatable bonds is 3. The molecule has 0 aromatic heterocycles. The van der Waals surface area contributed by atoms with Crippen LogP contribution in [0.5, 0.6) is 0 Å². The number of methoxy groups -OCH3 is 1. The number of ether oxygens (including phenoxy) is 1. The van der Waals surface area contributed by atoms with Gasteiger partial charge in [0.1, 0.15) is 0 Å². The van der Waals surface area contributed by atoms with E-state index in [4.69, 9.17) is 4.74 Å². The molecular formula is C18H24N2O3. The lowest BCUT2D eigenvalue weighted by Gasteiger charge is -2.51. The molecular weight excluding hydrogens is 292 g/mol. The number of fused-ring (bicyclic) bond motifs is 1. The second kappa shape index (κ2) is 5.55. The molecule has 5 heteroatoms. The number of esters is 1. The third kappa shape index (κ3) is 2.48. The molecule has 1 saturated carbocycles. The van der Waals surface area contributed by atoms with E-state index in [2.05, 4.69) is 25.2 Å². The number of anilines is 2. The minimum atomic E-state index is -0.144. The van der Waals surface area contributed by atoms with Crippen molar-refractivity contribution < 1.29 is 14.3 Å². The van der Waals surface area contributed by atoms with E-state index >= 15 is 0 Å². The SMILES string of the molecule is COC(=O)C1CC(Nc2cccc3c2CCN3C(C)=O)C1(C)C. The first kappa shape index (κ1) is 15.8. The van der Waals surface area contributed by atoms with Gasteiger partial charge in [0.05, 0.1) is 13.0 Å². The summed E-state index contributed by atoms with van der Waals surface area (Å²) in [5.41, 5.74) is 3.13. The van der Waals surface area contributed by atoms with Gasteiger partial charge in [-0.3, -0.25) is 9.59 Å². The average Bonchev–Trinajstić information content (AvgIpc) is 2.95. The summed E-state index contributed by atoms with van der Waals surface area (Å²) in [6, 6.07) is 6.26. The Balaban J connectivity index is 1.79. The molecule has 1 aliphatic heterocycles. The van der Waals surface area contributed by atoms with E-state index in [9.17, 15) is 9.59 Å². The Hall–Kier alpha value is -2.04. The molecule has 0 radical (unpaired) electrons. The molecule has 2 atom stereocenters. The van der Waals surface area contributed by atoms with Crippen LogP contribution in [-0.2, 0) is 20.7 Å². The van der Waals surface area contributed by atoms with Crippen molar-refractivity contribution in [3.63, 3.8) is 0 Å². The van der Waals surface area contributed by atoms with Crippen LogP contribution in [-0.4, -0.2) is 31.6 Å². The summed E-state index contributed by atoms with van der Waals surface area (Å²) >= 11 is 0. The highest BCUT2D eigenvalue weighted by molar-refractivity contribution is 5.95. The zero-order chi connectivity index (χ0) is 16.8. The topological polar surface area (TPSA) is 58.6 Å². The van der Waals surface area contributed by atoms with E-state index in [1.165, 1.54) is 12.7 Å². The van der Waals surface area contributed by atoms with E-state index in [1.54, 1.807) is 6.92 Å². The van der Waals surface area contributed by atoms with Crippen molar-refractivity contribution >= 4 is 23.3 Å². The number of amides is 1. The molecule has 124 valence electrons. The summed E-state index contributed by atoms with van der Waals surface area (Å²) in [6.45, 7) is 6.54. The van der Waals surface area contributed by atoms with Crippen LogP contribution in [0.2, 0.25) is 0 Å². The Morgan fingerprint density at radius 3 is 2.70 bits per heavy atom. The fourth-order valence-electron chi connectivity index (χ4n) is 3.80. The molecule has 5 nitrogen and oxygen atoms in total. The van der Waals surface area contributed by atoms with Crippen LogP contribution in [0.1, 0.15) is 32.8 Å². The second-order valence-electron chi connectivity index (χ2n) is 7.05. The molecule has 1 aliphatic carbocycles. The maximum absolute atomic E-state index is 11.8. The van der Waals surface area contributed by atoms with Gasteiger partial charge in [-0.05, 0) is 30.4 Å². The third-order valence-electron chi connectivity index (χ3n) is 5.49. The van der Waals surface area contributed by atoms with Crippen LogP contribution in [0.3, 0.4) is 0 Å². The number of benzene rings is 1. The molecule has 1 heterocycles. The molecule has 2 unspecified atom stereocenters. The summed E-state index contributed by atoms with van der Waals surface area (Å²) in [5, 5.41) is 3.59. The zero-order valence-electron chi connectivity index (χ0n) is 14.2. The fourth-order valence-corrected chi connectivity index (χ4v) is 3.80. The predicted octanol–water partition coefficient (Wildman–Crippen LogP) is 2.60. The van der Waals surface area contributed by atoms with Gasteiger partial charge in [-0.2, -0.15) is 0 Å². The van der Waals surface area contributed by atoms with Crippen LogP contribution in [0.25, 0.3) is 0 Å². The standard InChI is InChI=1S/C18H24N2O3/c1-11(21)20-9-8-12-14(6-5-7-15(12)20)19-16-10-13(17(22)23-4)18(16,2)3/h5-7,13,16,19H,8-10H2,1-4H3. The van der Waals surface area contributed by atoms with Crippen LogP contribution >= 0.6 is 0 Å². The van der Waals surface area contributed by atoms with Gasteiger partial charge in [0.2, 0.25) is 5.91 Å². The maximum atomic E-state index is 11.8. The number of nitrogens with one attached hydrogen (secondary N) is 1. The molecule has 0 spiro atoms. The molecule has 1 amide bonds. The molecule has 1 fully saturated rings. The van der Waals surface area contributed by atoms with E-state index in [1.807, 2.05) is 17.0 Å². The molecule has 0 bridgehead atoms. The number of hydrogen-bond donors (Lipinski definition) is 1. The lowest BCUT2D eigenvalue weighted by molar-refractivity contribution is -0.157. The lowest BCUT2D eigenvalue weighted by atomic mass is 9.58. The highest BCUT2D eigenvalue weighted by Crippen LogP contribution is 2.49. The van der Waals surface area contributed by atoms with Crippen molar-refractivity contribution in [2.45, 2.75) is 39.7 Å². The van der Waals surface area contributed by atoms with Gasteiger partial charge in [0.25, 0.3) is 0 Å². The van der Waals surface area contributed by atoms with Crippen molar-refractivity contribution in [3.8, 4) is 0 Å². The highest BCUT2D eigenvalue weighted by atomic mass is 16.5. The summed E-state index contributed by atoms with van der Waals surface area (Å²) < 4.78 is 4.89. The second-order valence-corrected chi connectivity index (χ2v) is 7.05. The van der Waals surface area contributed by atoms with Crippen LogP contribution in [0, 0.1) is 11.3 Å². The third-order valence-corrected chi connectivity index (χ3v) is 5.49. The van der Waals surface area contributed by atoms with Gasteiger partial charge in [-0.25, -0.2) is 0 Å². The molecule has 23 heavy (non-hydrogen) atoms. The first-order valence-corrected chi connectivity index (χ1v) is 8.10. The van der Waals surface area contributed by atoms with E-state index in [0.29, 0.717) is 0 Å². The average molecular weight is 316 g/mol. The number of hydrogen-bond acceptors (Lipinski definition) is 4. The lowest BCUT2D eigenvalue weighted by Crippen LogP contribution is -2.56. The van der Waals surface area contributed by atoms with Crippen molar-refractivity contribution in [1.29, 1.82) is 0 Å². The van der Waals surface area contributed by atoms with Crippen LogP contribution < -0.4 is 10.2 Å². The summed E-state index contributed by atoms with van der Waals surface area (Å²) in [5.74, 6) is -0.111. The minimum absolute atomic E-state index is 0.0597. The first-order valence-electron chi connectivity index (χ1n) is 8.10. The Morgan fingerprint density at radius 2 is 2.09 bits per heavy atom. The van der Waals surface area contributed by atoms with Gasteiger partial charge in [0.15, 0.2) is 0 Å². The van der Waals surface area contributed by atoms with Crippen LogP contribution in [0.15, 0.2) is 18.2 Å². The molecule has 2 aliphatic rings. The highest BCUT2D eigenvalue weighted by Gasteiger charge is 2.52. The van der Waals surface area contributed by atoms with Gasteiger partial charge in [0, 0.05) is 36.4 Å².